The fourth-order valence-electron chi connectivity index (χ4n) is 2.14. The molecule has 24 heavy (non-hydrogen) atoms. The molecule has 0 bridgehead atoms. The van der Waals surface area contributed by atoms with Crippen LogP contribution in [0.5, 0.6) is 0 Å². The average Bonchev–Trinajstić information content (AvgIpc) is 2.61. The van der Waals surface area contributed by atoms with Gasteiger partial charge in [0.1, 0.15) is 5.69 Å². The summed E-state index contributed by atoms with van der Waals surface area (Å²) in [6, 6.07) is 11.4. The lowest BCUT2D eigenvalue weighted by Crippen LogP contribution is -2.26. The fourth-order valence-corrected chi connectivity index (χ4v) is 2.27. The molecule has 0 saturated heterocycles. The maximum atomic E-state index is 11.9. The van der Waals surface area contributed by atoms with E-state index in [1.54, 1.807) is 19.4 Å². The van der Waals surface area contributed by atoms with E-state index in [1.807, 2.05) is 30.3 Å². The first kappa shape index (κ1) is 18.2. The molecule has 1 aromatic carbocycles. The van der Waals surface area contributed by atoms with Gasteiger partial charge in [-0.25, -0.2) is 4.98 Å². The van der Waals surface area contributed by atoms with Crippen LogP contribution in [-0.4, -0.2) is 37.7 Å². The number of rotatable bonds is 9. The largest absolute Gasteiger partial charge is 0.385 e. The average molecular weight is 348 g/mol. The number of carbonyl (C=O) groups excluding carboxylic acids is 1. The zero-order valence-corrected chi connectivity index (χ0v) is 14.5. The molecular formula is C18H22ClN3O2. The van der Waals surface area contributed by atoms with Gasteiger partial charge in [0.05, 0.1) is 11.9 Å². The van der Waals surface area contributed by atoms with Crippen molar-refractivity contribution in [1.29, 1.82) is 0 Å². The molecule has 2 aromatic rings. The summed E-state index contributed by atoms with van der Waals surface area (Å²) >= 11 is 5.87. The Labute approximate surface area is 147 Å². The predicted molar refractivity (Wildman–Crippen MR) is 96.7 cm³/mol. The van der Waals surface area contributed by atoms with Crippen LogP contribution in [0.1, 0.15) is 22.5 Å². The summed E-state index contributed by atoms with van der Waals surface area (Å²) in [5, 5.41) is 6.84. The van der Waals surface area contributed by atoms with Crippen LogP contribution in [0.25, 0.3) is 0 Å². The fraction of sp³-hybridized carbons (Fsp3) is 0.333. The number of hydrogen-bond acceptors (Lipinski definition) is 4. The number of benzene rings is 1. The van der Waals surface area contributed by atoms with Gasteiger partial charge in [0.15, 0.2) is 0 Å². The number of aromatic nitrogens is 1. The Hall–Kier alpha value is -2.11. The van der Waals surface area contributed by atoms with Crippen LogP contribution in [0.2, 0.25) is 5.02 Å². The Morgan fingerprint density at radius 3 is 2.62 bits per heavy atom. The monoisotopic (exact) mass is 347 g/mol. The highest BCUT2D eigenvalue weighted by molar-refractivity contribution is 6.30. The molecule has 1 amide bonds. The van der Waals surface area contributed by atoms with Gasteiger partial charge in [0.25, 0.3) is 5.91 Å². The first-order valence-corrected chi connectivity index (χ1v) is 8.28. The second kappa shape index (κ2) is 9.90. The molecule has 0 saturated carbocycles. The van der Waals surface area contributed by atoms with Crippen LogP contribution >= 0.6 is 11.6 Å². The minimum Gasteiger partial charge on any atom is -0.385 e. The lowest BCUT2D eigenvalue weighted by Gasteiger charge is -2.08. The molecule has 0 fully saturated rings. The van der Waals surface area contributed by atoms with E-state index in [-0.39, 0.29) is 5.91 Å². The molecule has 6 heteroatoms. The Morgan fingerprint density at radius 2 is 1.96 bits per heavy atom. The Balaban J connectivity index is 1.75. The summed E-state index contributed by atoms with van der Waals surface area (Å²) in [7, 11) is 1.64. The summed E-state index contributed by atoms with van der Waals surface area (Å²) in [4.78, 5) is 16.1. The van der Waals surface area contributed by atoms with E-state index < -0.39 is 0 Å². The second-order valence-corrected chi connectivity index (χ2v) is 5.77. The molecule has 128 valence electrons. The highest BCUT2D eigenvalue weighted by Crippen LogP contribution is 2.11. The van der Waals surface area contributed by atoms with E-state index in [4.69, 9.17) is 16.3 Å². The van der Waals surface area contributed by atoms with E-state index >= 15 is 0 Å². The molecule has 1 heterocycles. The third-order valence-corrected chi connectivity index (χ3v) is 3.71. The standard InChI is InChI=1S/C18H22ClN3O2/c1-24-12-2-10-21-18(23)17-8-7-16(13-22-17)20-11-9-14-3-5-15(19)6-4-14/h3-8,13,20H,2,9-12H2,1H3,(H,21,23). The summed E-state index contributed by atoms with van der Waals surface area (Å²) in [5.41, 5.74) is 2.52. The van der Waals surface area contributed by atoms with E-state index in [1.165, 1.54) is 5.56 Å². The molecule has 0 unspecified atom stereocenters. The first-order valence-electron chi connectivity index (χ1n) is 7.90. The number of nitrogens with one attached hydrogen (secondary N) is 2. The van der Waals surface area contributed by atoms with Crippen LogP contribution in [-0.2, 0) is 11.2 Å². The van der Waals surface area contributed by atoms with Gasteiger partial charge >= 0.3 is 0 Å². The van der Waals surface area contributed by atoms with Crippen molar-refractivity contribution >= 4 is 23.2 Å². The highest BCUT2D eigenvalue weighted by Gasteiger charge is 2.06. The smallest absolute Gasteiger partial charge is 0.269 e. The van der Waals surface area contributed by atoms with Crippen molar-refractivity contribution in [2.75, 3.05) is 32.1 Å². The molecule has 2 rings (SSSR count). The van der Waals surface area contributed by atoms with Crippen molar-refractivity contribution in [2.45, 2.75) is 12.8 Å². The van der Waals surface area contributed by atoms with Crippen LogP contribution < -0.4 is 10.6 Å². The molecule has 2 N–H and O–H groups in total. The third kappa shape index (κ3) is 6.18. The van der Waals surface area contributed by atoms with Crippen molar-refractivity contribution in [3.05, 3.63) is 58.9 Å². The van der Waals surface area contributed by atoms with E-state index in [9.17, 15) is 4.79 Å². The van der Waals surface area contributed by atoms with E-state index in [0.29, 0.717) is 18.8 Å². The molecule has 0 radical (unpaired) electrons. The number of hydrogen-bond donors (Lipinski definition) is 2. The molecule has 0 aliphatic carbocycles. The van der Waals surface area contributed by atoms with Crippen molar-refractivity contribution in [2.24, 2.45) is 0 Å². The summed E-state index contributed by atoms with van der Waals surface area (Å²) < 4.78 is 4.94. The van der Waals surface area contributed by atoms with E-state index in [2.05, 4.69) is 15.6 Å². The summed E-state index contributed by atoms with van der Waals surface area (Å²) in [6.07, 6.45) is 3.34. The molecule has 0 atom stereocenters. The Morgan fingerprint density at radius 1 is 1.17 bits per heavy atom. The zero-order chi connectivity index (χ0) is 17.2. The van der Waals surface area contributed by atoms with E-state index in [0.717, 1.165) is 30.1 Å². The van der Waals surface area contributed by atoms with Crippen molar-refractivity contribution in [3.8, 4) is 0 Å². The number of methoxy groups -OCH3 is 1. The number of anilines is 1. The zero-order valence-electron chi connectivity index (χ0n) is 13.7. The molecule has 0 spiro atoms. The number of nitrogens with zero attached hydrogens (tertiary/aromatic N) is 1. The number of halogens is 1. The maximum Gasteiger partial charge on any atom is 0.269 e. The van der Waals surface area contributed by atoms with Crippen LogP contribution in [0.4, 0.5) is 5.69 Å². The molecular weight excluding hydrogens is 326 g/mol. The minimum atomic E-state index is -0.168. The van der Waals surface area contributed by atoms with Gasteiger partial charge < -0.3 is 15.4 Å². The van der Waals surface area contributed by atoms with Gasteiger partial charge in [-0.2, -0.15) is 0 Å². The molecule has 0 aliphatic heterocycles. The van der Waals surface area contributed by atoms with Gasteiger partial charge in [-0.1, -0.05) is 23.7 Å². The number of amides is 1. The number of carbonyl (C=O) groups is 1. The number of ether oxygens (including phenoxy) is 1. The van der Waals surface area contributed by atoms with Crippen LogP contribution in [0.15, 0.2) is 42.6 Å². The van der Waals surface area contributed by atoms with Gasteiger partial charge in [-0.15, -0.1) is 0 Å². The number of pyridine rings is 1. The second-order valence-electron chi connectivity index (χ2n) is 5.34. The normalized spacial score (nSPS) is 10.4. The van der Waals surface area contributed by atoms with Crippen molar-refractivity contribution in [3.63, 3.8) is 0 Å². The molecule has 1 aromatic heterocycles. The third-order valence-electron chi connectivity index (χ3n) is 3.46. The van der Waals surface area contributed by atoms with Gasteiger partial charge in [0.2, 0.25) is 0 Å². The Kier molecular flexibility index (Phi) is 7.52. The lowest BCUT2D eigenvalue weighted by atomic mass is 10.1. The first-order chi connectivity index (χ1) is 11.7. The van der Waals surface area contributed by atoms with Gasteiger partial charge in [-0.05, 0) is 42.7 Å². The van der Waals surface area contributed by atoms with Crippen molar-refractivity contribution in [1.82, 2.24) is 10.3 Å². The molecule has 0 aliphatic rings. The van der Waals surface area contributed by atoms with Crippen LogP contribution in [0, 0.1) is 0 Å². The molecule has 5 nitrogen and oxygen atoms in total. The Bertz CT molecular complexity index is 630. The minimum absolute atomic E-state index is 0.168. The quantitative estimate of drug-likeness (QED) is 0.684. The van der Waals surface area contributed by atoms with Crippen LogP contribution in [0.3, 0.4) is 0 Å². The van der Waals surface area contributed by atoms with Crippen molar-refractivity contribution < 1.29 is 9.53 Å². The topological polar surface area (TPSA) is 63.2 Å². The van der Waals surface area contributed by atoms with Gasteiger partial charge in [-0.3, -0.25) is 4.79 Å². The lowest BCUT2D eigenvalue weighted by molar-refractivity contribution is 0.0943. The highest BCUT2D eigenvalue weighted by atomic mass is 35.5. The maximum absolute atomic E-state index is 11.9. The summed E-state index contributed by atoms with van der Waals surface area (Å²) in [6.45, 7) is 1.99. The summed E-state index contributed by atoms with van der Waals surface area (Å²) in [5.74, 6) is -0.168. The van der Waals surface area contributed by atoms with Gasteiger partial charge in [0, 0.05) is 31.8 Å². The predicted octanol–water partition coefficient (Wildman–Crippen LogP) is 3.16. The SMILES string of the molecule is COCCCNC(=O)c1ccc(NCCc2ccc(Cl)cc2)cn1.